The van der Waals surface area contributed by atoms with E-state index in [1.165, 1.54) is 7.11 Å². The van der Waals surface area contributed by atoms with E-state index in [-0.39, 0.29) is 12.1 Å². The molecule has 0 amide bonds. The predicted molar refractivity (Wildman–Crippen MR) is 118 cm³/mol. The molecule has 1 aromatic carbocycles. The van der Waals surface area contributed by atoms with Crippen LogP contribution in [0, 0.1) is 0 Å². The number of methoxy groups -OCH3 is 1. The minimum Gasteiger partial charge on any atom is -0.495 e. The molecule has 1 aliphatic rings. The Morgan fingerprint density at radius 2 is 2.07 bits per heavy atom. The summed E-state index contributed by atoms with van der Waals surface area (Å²) in [6.07, 6.45) is 4.42. The van der Waals surface area contributed by atoms with Crippen LogP contribution in [-0.4, -0.2) is 31.9 Å². The monoisotopic (exact) mass is 444 g/mol. The van der Waals surface area contributed by atoms with Crippen LogP contribution in [0.4, 0.5) is 11.4 Å². The summed E-state index contributed by atoms with van der Waals surface area (Å²) in [7, 11) is -2.02. The number of pyridine rings is 1. The summed E-state index contributed by atoms with van der Waals surface area (Å²) in [4.78, 5) is 6.36. The molecule has 1 fully saturated rings. The molecule has 0 saturated carbocycles. The van der Waals surface area contributed by atoms with Crippen LogP contribution in [0.5, 0.6) is 5.75 Å². The number of nitrogens with zero attached hydrogens (tertiary/aromatic N) is 2. The molecule has 10 heteroatoms. The van der Waals surface area contributed by atoms with Crippen molar-refractivity contribution < 1.29 is 17.6 Å². The highest BCUT2D eigenvalue weighted by molar-refractivity contribution is 7.92. The smallest absolute Gasteiger partial charge is 0.229 e. The van der Waals surface area contributed by atoms with Crippen molar-refractivity contribution in [3.63, 3.8) is 0 Å². The number of rotatable bonds is 6. The van der Waals surface area contributed by atoms with Crippen LogP contribution in [-0.2, 0) is 10.0 Å². The van der Waals surface area contributed by atoms with E-state index in [1.54, 1.807) is 24.6 Å². The van der Waals surface area contributed by atoms with Gasteiger partial charge in [0.25, 0.3) is 0 Å². The number of thiocarbonyl (C=S) groups is 1. The third-order valence-electron chi connectivity index (χ3n) is 4.69. The van der Waals surface area contributed by atoms with Gasteiger partial charge in [-0.2, -0.15) is 0 Å². The zero-order valence-electron chi connectivity index (χ0n) is 16.3. The van der Waals surface area contributed by atoms with Gasteiger partial charge in [0.1, 0.15) is 17.6 Å². The molecule has 156 valence electrons. The molecule has 3 heterocycles. The second kappa shape index (κ2) is 7.96. The molecule has 2 atom stereocenters. The maximum Gasteiger partial charge on any atom is 0.229 e. The number of furan rings is 1. The van der Waals surface area contributed by atoms with Gasteiger partial charge < -0.3 is 19.4 Å². The van der Waals surface area contributed by atoms with Gasteiger partial charge in [0.2, 0.25) is 10.0 Å². The Hall–Kier alpha value is -3.11. The van der Waals surface area contributed by atoms with Crippen LogP contribution in [0.3, 0.4) is 0 Å². The lowest BCUT2D eigenvalue weighted by atomic mass is 10.0. The third-order valence-corrected chi connectivity index (χ3v) is 5.59. The number of hydrogen-bond acceptors (Lipinski definition) is 6. The van der Waals surface area contributed by atoms with Gasteiger partial charge in [-0.1, -0.05) is 6.07 Å². The van der Waals surface area contributed by atoms with Gasteiger partial charge in [0, 0.05) is 11.9 Å². The molecule has 0 radical (unpaired) electrons. The lowest BCUT2D eigenvalue weighted by molar-refractivity contribution is 0.416. The van der Waals surface area contributed by atoms with E-state index in [0.717, 1.165) is 11.9 Å². The highest BCUT2D eigenvalue weighted by Crippen LogP contribution is 2.43. The van der Waals surface area contributed by atoms with E-state index in [2.05, 4.69) is 15.0 Å². The largest absolute Gasteiger partial charge is 0.495 e. The number of ether oxygens (including phenoxy) is 1. The van der Waals surface area contributed by atoms with Crippen LogP contribution >= 0.6 is 12.2 Å². The van der Waals surface area contributed by atoms with E-state index >= 15 is 0 Å². The van der Waals surface area contributed by atoms with Crippen LogP contribution in [0.25, 0.3) is 0 Å². The molecule has 0 aliphatic carbocycles. The number of anilines is 2. The minimum absolute atomic E-state index is 0.252. The standard InChI is InChI=1S/C20H20N4O4S2/c1-27-16-9-8-13(12-15(16)23-30(2,25)26)24-19(17-7-5-11-28-17)18(22-20(24)29)14-6-3-4-10-21-14/h3-12,18-19,23H,1-2H3,(H,22,29). The zero-order chi connectivity index (χ0) is 21.3. The van der Waals surface area contributed by atoms with Gasteiger partial charge in [-0.05, 0) is 54.7 Å². The minimum atomic E-state index is -3.50. The van der Waals surface area contributed by atoms with Gasteiger partial charge in [-0.15, -0.1) is 0 Å². The van der Waals surface area contributed by atoms with Crippen molar-refractivity contribution in [3.05, 3.63) is 72.4 Å². The van der Waals surface area contributed by atoms with Crippen molar-refractivity contribution in [1.29, 1.82) is 0 Å². The quantitative estimate of drug-likeness (QED) is 0.560. The first-order chi connectivity index (χ1) is 14.4. The first kappa shape index (κ1) is 20.2. The van der Waals surface area contributed by atoms with Gasteiger partial charge >= 0.3 is 0 Å². The third kappa shape index (κ3) is 3.96. The Bertz CT molecular complexity index is 1150. The summed E-state index contributed by atoms with van der Waals surface area (Å²) in [6, 6.07) is 14.0. The molecular formula is C20H20N4O4S2. The Morgan fingerprint density at radius 3 is 2.70 bits per heavy atom. The van der Waals surface area contributed by atoms with Gasteiger partial charge in [0.15, 0.2) is 5.11 Å². The van der Waals surface area contributed by atoms with Gasteiger partial charge in [0.05, 0.1) is 37.1 Å². The molecule has 0 bridgehead atoms. The SMILES string of the molecule is COc1ccc(N2C(=S)NC(c3ccccn3)C2c2ccco2)cc1NS(C)(=O)=O. The number of benzene rings is 1. The highest BCUT2D eigenvalue weighted by atomic mass is 32.2. The van der Waals surface area contributed by atoms with Crippen LogP contribution in [0.15, 0.2) is 65.4 Å². The molecule has 0 spiro atoms. The molecule has 4 rings (SSSR count). The fraction of sp³-hybridized carbons (Fsp3) is 0.200. The second-order valence-corrected chi connectivity index (χ2v) is 8.91. The molecule has 1 aliphatic heterocycles. The maximum absolute atomic E-state index is 11.8. The van der Waals surface area contributed by atoms with E-state index in [9.17, 15) is 8.42 Å². The topological polar surface area (TPSA) is 96.7 Å². The zero-order valence-corrected chi connectivity index (χ0v) is 17.9. The Morgan fingerprint density at radius 1 is 1.23 bits per heavy atom. The fourth-order valence-electron chi connectivity index (χ4n) is 3.51. The van der Waals surface area contributed by atoms with Crippen LogP contribution in [0.2, 0.25) is 0 Å². The first-order valence-corrected chi connectivity index (χ1v) is 11.4. The Labute approximate surface area is 179 Å². The summed E-state index contributed by atoms with van der Waals surface area (Å²) in [5.41, 5.74) is 1.81. The molecule has 8 nitrogen and oxygen atoms in total. The van der Waals surface area contributed by atoms with Crippen LogP contribution < -0.4 is 19.7 Å². The lowest BCUT2D eigenvalue weighted by Crippen LogP contribution is -2.29. The summed E-state index contributed by atoms with van der Waals surface area (Å²) < 4.78 is 37.1. The van der Waals surface area contributed by atoms with E-state index < -0.39 is 10.0 Å². The molecule has 1 saturated heterocycles. The van der Waals surface area contributed by atoms with E-state index in [4.69, 9.17) is 21.4 Å². The Balaban J connectivity index is 1.80. The second-order valence-electron chi connectivity index (χ2n) is 6.77. The van der Waals surface area contributed by atoms with Crippen molar-refractivity contribution >= 4 is 38.7 Å². The first-order valence-electron chi connectivity index (χ1n) is 9.07. The number of sulfonamides is 1. The van der Waals surface area contributed by atoms with Crippen molar-refractivity contribution in [2.45, 2.75) is 12.1 Å². The molecule has 2 N–H and O–H groups in total. The average molecular weight is 445 g/mol. The summed E-state index contributed by atoms with van der Waals surface area (Å²) in [5.74, 6) is 1.10. The molecular weight excluding hydrogens is 424 g/mol. The fourth-order valence-corrected chi connectivity index (χ4v) is 4.41. The van der Waals surface area contributed by atoms with Crippen molar-refractivity contribution in [2.75, 3.05) is 23.0 Å². The van der Waals surface area contributed by atoms with Gasteiger partial charge in [-0.25, -0.2) is 8.42 Å². The van der Waals surface area contributed by atoms with Crippen molar-refractivity contribution in [1.82, 2.24) is 10.3 Å². The van der Waals surface area contributed by atoms with Crippen LogP contribution in [0.1, 0.15) is 23.5 Å². The predicted octanol–water partition coefficient (Wildman–Crippen LogP) is 3.23. The number of nitrogens with one attached hydrogen (secondary N) is 2. The van der Waals surface area contributed by atoms with E-state index in [1.807, 2.05) is 41.3 Å². The van der Waals surface area contributed by atoms with E-state index in [0.29, 0.717) is 28.0 Å². The van der Waals surface area contributed by atoms with Crippen molar-refractivity contribution in [2.24, 2.45) is 0 Å². The summed E-state index contributed by atoms with van der Waals surface area (Å²) in [5, 5.41) is 3.79. The maximum atomic E-state index is 11.8. The average Bonchev–Trinajstić information content (AvgIpc) is 3.35. The molecule has 2 unspecified atom stereocenters. The van der Waals surface area contributed by atoms with Crippen molar-refractivity contribution in [3.8, 4) is 5.75 Å². The number of aromatic nitrogens is 1. The molecule has 3 aromatic rings. The molecule has 30 heavy (non-hydrogen) atoms. The Kier molecular flexibility index (Phi) is 5.35. The summed E-state index contributed by atoms with van der Waals surface area (Å²) >= 11 is 5.64. The number of hydrogen-bond donors (Lipinski definition) is 2. The normalized spacial score (nSPS) is 18.9. The lowest BCUT2D eigenvalue weighted by Gasteiger charge is -2.26. The highest BCUT2D eigenvalue weighted by Gasteiger charge is 2.42. The summed E-state index contributed by atoms with van der Waals surface area (Å²) in [6.45, 7) is 0. The van der Waals surface area contributed by atoms with Gasteiger partial charge in [-0.3, -0.25) is 9.71 Å². The molecule has 2 aromatic heterocycles.